The third-order valence-corrected chi connectivity index (χ3v) is 3.86. The largest absolute Gasteiger partial charge is 0.306 e. The number of hydrogen-bond donors (Lipinski definition) is 1. The molecule has 0 heterocycles. The molecule has 0 aliphatic heterocycles. The summed E-state index contributed by atoms with van der Waals surface area (Å²) in [5, 5.41) is 3.37. The molecule has 21 heavy (non-hydrogen) atoms. The highest BCUT2D eigenvalue weighted by atomic mass is 79.9. The molecule has 0 aliphatic rings. The fourth-order valence-corrected chi connectivity index (χ4v) is 2.74. The van der Waals surface area contributed by atoms with Gasteiger partial charge in [-0.25, -0.2) is 8.78 Å². The fraction of sp³-hybridized carbons (Fsp3) is 0.294. The SMILES string of the molecule is CCCNC(c1cc(F)cc(F)c1)c1cc(Br)ccc1C. The lowest BCUT2D eigenvalue weighted by Crippen LogP contribution is -2.24. The van der Waals surface area contributed by atoms with E-state index in [2.05, 4.69) is 28.2 Å². The number of aryl methyl sites for hydroxylation is 1. The van der Waals surface area contributed by atoms with Gasteiger partial charge in [0.15, 0.2) is 0 Å². The summed E-state index contributed by atoms with van der Waals surface area (Å²) in [5.74, 6) is -1.11. The molecule has 0 spiro atoms. The quantitative estimate of drug-likeness (QED) is 0.785. The molecule has 1 nitrogen and oxygen atoms in total. The summed E-state index contributed by atoms with van der Waals surface area (Å²) in [4.78, 5) is 0. The van der Waals surface area contributed by atoms with Crippen LogP contribution in [0.25, 0.3) is 0 Å². The highest BCUT2D eigenvalue weighted by Gasteiger charge is 2.17. The first-order valence-corrected chi connectivity index (χ1v) is 7.76. The number of halogens is 3. The molecule has 0 bridgehead atoms. The maximum Gasteiger partial charge on any atom is 0.126 e. The summed E-state index contributed by atoms with van der Waals surface area (Å²) < 4.78 is 28.0. The standard InChI is InChI=1S/C17H18BrF2N/c1-3-6-21-17(12-7-14(19)10-15(20)8-12)16-9-13(18)5-4-11(16)2/h4-5,7-10,17,21H,3,6H2,1-2H3. The molecule has 4 heteroatoms. The van der Waals surface area contributed by atoms with Gasteiger partial charge in [0.25, 0.3) is 0 Å². The van der Waals surface area contributed by atoms with Crippen LogP contribution >= 0.6 is 15.9 Å². The molecule has 1 unspecified atom stereocenters. The molecule has 1 N–H and O–H groups in total. The molecule has 0 fully saturated rings. The summed E-state index contributed by atoms with van der Waals surface area (Å²) >= 11 is 3.46. The zero-order chi connectivity index (χ0) is 15.4. The van der Waals surface area contributed by atoms with Crippen molar-refractivity contribution in [2.75, 3.05) is 6.54 Å². The Labute approximate surface area is 132 Å². The van der Waals surface area contributed by atoms with E-state index >= 15 is 0 Å². The van der Waals surface area contributed by atoms with Crippen molar-refractivity contribution in [3.8, 4) is 0 Å². The van der Waals surface area contributed by atoms with Crippen molar-refractivity contribution >= 4 is 15.9 Å². The van der Waals surface area contributed by atoms with Gasteiger partial charge in [-0.3, -0.25) is 0 Å². The molecule has 112 valence electrons. The van der Waals surface area contributed by atoms with E-state index in [4.69, 9.17) is 0 Å². The number of rotatable bonds is 5. The van der Waals surface area contributed by atoms with E-state index in [1.54, 1.807) is 0 Å². The van der Waals surface area contributed by atoms with Crippen LogP contribution in [-0.4, -0.2) is 6.54 Å². The number of hydrogen-bond acceptors (Lipinski definition) is 1. The van der Waals surface area contributed by atoms with Crippen LogP contribution in [0.15, 0.2) is 40.9 Å². The van der Waals surface area contributed by atoms with Crippen molar-refractivity contribution in [2.45, 2.75) is 26.3 Å². The highest BCUT2D eigenvalue weighted by Crippen LogP contribution is 2.28. The van der Waals surface area contributed by atoms with Crippen molar-refractivity contribution in [2.24, 2.45) is 0 Å². The lowest BCUT2D eigenvalue weighted by molar-refractivity contribution is 0.557. The van der Waals surface area contributed by atoms with Crippen LogP contribution in [0.4, 0.5) is 8.78 Å². The van der Waals surface area contributed by atoms with Gasteiger partial charge in [-0.15, -0.1) is 0 Å². The van der Waals surface area contributed by atoms with Crippen LogP contribution in [0.2, 0.25) is 0 Å². The summed E-state index contributed by atoms with van der Waals surface area (Å²) in [6.07, 6.45) is 0.946. The Bertz CT molecular complexity index is 608. The van der Waals surface area contributed by atoms with Crippen LogP contribution in [-0.2, 0) is 0 Å². The monoisotopic (exact) mass is 353 g/mol. The Kier molecular flexibility index (Phi) is 5.48. The summed E-state index contributed by atoms with van der Waals surface area (Å²) in [6.45, 7) is 4.83. The minimum atomic E-state index is -0.555. The van der Waals surface area contributed by atoms with Crippen molar-refractivity contribution in [1.82, 2.24) is 5.32 Å². The van der Waals surface area contributed by atoms with Gasteiger partial charge in [0.05, 0.1) is 6.04 Å². The third kappa shape index (κ3) is 4.11. The first kappa shape index (κ1) is 16.1. The van der Waals surface area contributed by atoms with Gasteiger partial charge in [0.2, 0.25) is 0 Å². The Morgan fingerprint density at radius 1 is 1.10 bits per heavy atom. The van der Waals surface area contributed by atoms with Crippen LogP contribution in [0.3, 0.4) is 0 Å². The van der Waals surface area contributed by atoms with E-state index in [1.165, 1.54) is 12.1 Å². The molecule has 0 aromatic heterocycles. The Balaban J connectivity index is 2.49. The molecule has 2 aromatic rings. The van der Waals surface area contributed by atoms with Crippen molar-refractivity contribution < 1.29 is 8.78 Å². The molecule has 2 rings (SSSR count). The highest BCUT2D eigenvalue weighted by molar-refractivity contribution is 9.10. The summed E-state index contributed by atoms with van der Waals surface area (Å²) in [7, 11) is 0. The van der Waals surface area contributed by atoms with E-state index in [0.29, 0.717) is 5.56 Å². The molecular weight excluding hydrogens is 336 g/mol. The van der Waals surface area contributed by atoms with E-state index in [0.717, 1.165) is 34.6 Å². The molecular formula is C17H18BrF2N. The van der Waals surface area contributed by atoms with E-state index in [-0.39, 0.29) is 6.04 Å². The molecule has 0 aliphatic carbocycles. The van der Waals surface area contributed by atoms with Gasteiger partial charge in [0, 0.05) is 10.5 Å². The van der Waals surface area contributed by atoms with Crippen LogP contribution in [0.5, 0.6) is 0 Å². The number of nitrogens with one attached hydrogen (secondary N) is 1. The zero-order valence-corrected chi connectivity index (χ0v) is 13.7. The molecule has 0 saturated heterocycles. The molecule has 0 amide bonds. The van der Waals surface area contributed by atoms with E-state index in [1.807, 2.05) is 25.1 Å². The van der Waals surface area contributed by atoms with Crippen LogP contribution in [0, 0.1) is 18.6 Å². The van der Waals surface area contributed by atoms with E-state index < -0.39 is 11.6 Å². The van der Waals surface area contributed by atoms with Crippen molar-refractivity contribution in [1.29, 1.82) is 0 Å². The molecule has 0 radical (unpaired) electrons. The van der Waals surface area contributed by atoms with Gasteiger partial charge in [-0.2, -0.15) is 0 Å². The van der Waals surface area contributed by atoms with Gasteiger partial charge in [-0.05, 0) is 60.8 Å². The van der Waals surface area contributed by atoms with Crippen molar-refractivity contribution in [3.63, 3.8) is 0 Å². The average Bonchev–Trinajstić information content (AvgIpc) is 2.42. The Morgan fingerprint density at radius 2 is 1.76 bits per heavy atom. The van der Waals surface area contributed by atoms with E-state index in [9.17, 15) is 8.78 Å². The predicted molar refractivity (Wildman–Crippen MR) is 85.4 cm³/mol. The lowest BCUT2D eigenvalue weighted by atomic mass is 9.94. The fourth-order valence-electron chi connectivity index (χ4n) is 2.36. The first-order valence-electron chi connectivity index (χ1n) is 6.96. The Hall–Kier alpha value is -1.26. The summed E-state index contributed by atoms with van der Waals surface area (Å²) in [5.41, 5.74) is 2.70. The average molecular weight is 354 g/mol. The second-order valence-electron chi connectivity index (χ2n) is 5.09. The molecule has 2 aromatic carbocycles. The minimum absolute atomic E-state index is 0.229. The van der Waals surface area contributed by atoms with Crippen LogP contribution < -0.4 is 5.32 Å². The minimum Gasteiger partial charge on any atom is -0.306 e. The van der Waals surface area contributed by atoms with Crippen LogP contribution in [0.1, 0.15) is 36.1 Å². The molecule has 0 saturated carbocycles. The maximum absolute atomic E-state index is 13.5. The zero-order valence-electron chi connectivity index (χ0n) is 12.1. The maximum atomic E-state index is 13.5. The molecule has 1 atom stereocenters. The normalized spacial score (nSPS) is 12.4. The second-order valence-corrected chi connectivity index (χ2v) is 6.01. The predicted octanol–water partition coefficient (Wildman–Crippen LogP) is 5.12. The van der Waals surface area contributed by atoms with Gasteiger partial charge in [0.1, 0.15) is 11.6 Å². The van der Waals surface area contributed by atoms with Crippen molar-refractivity contribution in [3.05, 3.63) is 69.2 Å². The number of benzene rings is 2. The first-order chi connectivity index (χ1) is 10.0. The summed E-state index contributed by atoms with van der Waals surface area (Å²) in [6, 6.07) is 9.39. The Morgan fingerprint density at radius 3 is 2.38 bits per heavy atom. The van der Waals surface area contributed by atoms with Gasteiger partial charge < -0.3 is 5.32 Å². The lowest BCUT2D eigenvalue weighted by Gasteiger charge is -2.22. The smallest absolute Gasteiger partial charge is 0.126 e. The topological polar surface area (TPSA) is 12.0 Å². The third-order valence-electron chi connectivity index (χ3n) is 3.37. The van der Waals surface area contributed by atoms with Gasteiger partial charge in [-0.1, -0.05) is 28.9 Å². The van der Waals surface area contributed by atoms with Gasteiger partial charge >= 0.3 is 0 Å². The second kappa shape index (κ2) is 7.14.